The molecule has 0 saturated heterocycles. The van der Waals surface area contributed by atoms with Gasteiger partial charge in [0, 0.05) is 5.56 Å². The number of Topliss-reactive ketones (excluding diaryl/α,β-unsaturated/α-hetero) is 1. The highest BCUT2D eigenvalue weighted by atomic mass is 16.5. The molecule has 1 aromatic carbocycles. The molecule has 0 amide bonds. The lowest BCUT2D eigenvalue weighted by molar-refractivity contribution is -0.104. The van der Waals surface area contributed by atoms with Gasteiger partial charge in [-0.05, 0) is 30.7 Å². The Labute approximate surface area is 89.1 Å². The minimum atomic E-state index is -0.505. The number of hydrogen-bond acceptors (Lipinski definition) is 3. The first kappa shape index (κ1) is 11.4. The predicted octanol–water partition coefficient (Wildman–Crippen LogP) is 2.25. The SMILES string of the molecule is CCCCOc1ccc(C(=O)C=O)cc1. The van der Waals surface area contributed by atoms with E-state index >= 15 is 0 Å². The fourth-order valence-corrected chi connectivity index (χ4v) is 1.12. The summed E-state index contributed by atoms with van der Waals surface area (Å²) in [5.74, 6) is 0.223. The lowest BCUT2D eigenvalue weighted by atomic mass is 10.1. The number of unbranched alkanes of at least 4 members (excludes halogenated alkanes) is 1. The second-order valence-corrected chi connectivity index (χ2v) is 3.21. The molecule has 0 atom stereocenters. The molecule has 0 spiro atoms. The van der Waals surface area contributed by atoms with E-state index in [1.54, 1.807) is 24.3 Å². The van der Waals surface area contributed by atoms with Crippen LogP contribution >= 0.6 is 0 Å². The van der Waals surface area contributed by atoms with Gasteiger partial charge in [0.15, 0.2) is 6.29 Å². The minimum Gasteiger partial charge on any atom is -0.494 e. The van der Waals surface area contributed by atoms with Crippen LogP contribution in [0.15, 0.2) is 24.3 Å². The number of carbonyl (C=O) groups excluding carboxylic acids is 2. The van der Waals surface area contributed by atoms with Crippen LogP contribution in [0.4, 0.5) is 0 Å². The zero-order chi connectivity index (χ0) is 11.1. The van der Waals surface area contributed by atoms with Crippen LogP contribution in [-0.4, -0.2) is 18.7 Å². The van der Waals surface area contributed by atoms with Crippen LogP contribution in [0.1, 0.15) is 30.1 Å². The summed E-state index contributed by atoms with van der Waals surface area (Å²) < 4.78 is 5.42. The highest BCUT2D eigenvalue weighted by molar-refractivity contribution is 6.33. The Morgan fingerprint density at radius 2 is 2.00 bits per heavy atom. The van der Waals surface area contributed by atoms with Gasteiger partial charge < -0.3 is 4.74 Å². The summed E-state index contributed by atoms with van der Waals surface area (Å²) in [5.41, 5.74) is 0.396. The zero-order valence-corrected chi connectivity index (χ0v) is 8.73. The van der Waals surface area contributed by atoms with Crippen LogP contribution in [0.5, 0.6) is 5.75 Å². The van der Waals surface area contributed by atoms with Crippen molar-refractivity contribution in [3.63, 3.8) is 0 Å². The third-order valence-corrected chi connectivity index (χ3v) is 2.01. The molecule has 1 rings (SSSR count). The lowest BCUT2D eigenvalue weighted by Crippen LogP contribution is -2.00. The van der Waals surface area contributed by atoms with E-state index in [4.69, 9.17) is 4.74 Å². The van der Waals surface area contributed by atoms with E-state index < -0.39 is 5.78 Å². The summed E-state index contributed by atoms with van der Waals surface area (Å²) >= 11 is 0. The Morgan fingerprint density at radius 1 is 1.33 bits per heavy atom. The van der Waals surface area contributed by atoms with Crippen LogP contribution in [0.2, 0.25) is 0 Å². The number of hydrogen-bond donors (Lipinski definition) is 0. The summed E-state index contributed by atoms with van der Waals surface area (Å²) in [5, 5.41) is 0. The van der Waals surface area contributed by atoms with Crippen molar-refractivity contribution in [2.45, 2.75) is 19.8 Å². The molecule has 0 fully saturated rings. The molecule has 15 heavy (non-hydrogen) atoms. The first-order chi connectivity index (χ1) is 7.27. The molecule has 0 aromatic heterocycles. The van der Waals surface area contributed by atoms with Crippen molar-refractivity contribution in [3.8, 4) is 5.75 Å². The van der Waals surface area contributed by atoms with Crippen molar-refractivity contribution in [2.75, 3.05) is 6.61 Å². The Hall–Kier alpha value is -1.64. The van der Waals surface area contributed by atoms with Crippen molar-refractivity contribution in [3.05, 3.63) is 29.8 Å². The quantitative estimate of drug-likeness (QED) is 0.310. The molecule has 0 aliphatic heterocycles. The first-order valence-electron chi connectivity index (χ1n) is 5.00. The van der Waals surface area contributed by atoms with Crippen molar-refractivity contribution in [2.24, 2.45) is 0 Å². The van der Waals surface area contributed by atoms with E-state index in [2.05, 4.69) is 6.92 Å². The van der Waals surface area contributed by atoms with Gasteiger partial charge in [-0.25, -0.2) is 0 Å². The molecule has 0 aliphatic rings. The average molecular weight is 206 g/mol. The standard InChI is InChI=1S/C12H14O3/c1-2-3-8-15-11-6-4-10(5-7-11)12(14)9-13/h4-7,9H,2-3,8H2,1H3. The lowest BCUT2D eigenvalue weighted by Gasteiger charge is -2.04. The van der Waals surface area contributed by atoms with Crippen molar-refractivity contribution >= 4 is 12.1 Å². The molecular weight excluding hydrogens is 192 g/mol. The maximum atomic E-state index is 11.0. The van der Waals surface area contributed by atoms with Crippen molar-refractivity contribution in [1.82, 2.24) is 0 Å². The summed E-state index contributed by atoms with van der Waals surface area (Å²) in [6, 6.07) is 6.59. The van der Waals surface area contributed by atoms with Gasteiger partial charge in [-0.15, -0.1) is 0 Å². The molecule has 0 heterocycles. The molecule has 0 unspecified atom stereocenters. The van der Waals surface area contributed by atoms with Crippen molar-refractivity contribution < 1.29 is 14.3 Å². The molecule has 0 saturated carbocycles. The molecule has 0 aliphatic carbocycles. The number of ether oxygens (including phenoxy) is 1. The summed E-state index contributed by atoms with van der Waals surface area (Å²) in [6.07, 6.45) is 2.41. The monoisotopic (exact) mass is 206 g/mol. The van der Waals surface area contributed by atoms with E-state index in [0.29, 0.717) is 18.5 Å². The molecule has 0 N–H and O–H groups in total. The van der Waals surface area contributed by atoms with E-state index in [-0.39, 0.29) is 0 Å². The molecule has 3 nitrogen and oxygen atoms in total. The minimum absolute atomic E-state index is 0.312. The van der Waals surface area contributed by atoms with Crippen molar-refractivity contribution in [1.29, 1.82) is 0 Å². The van der Waals surface area contributed by atoms with Crippen LogP contribution in [0, 0.1) is 0 Å². The smallest absolute Gasteiger partial charge is 0.225 e. The highest BCUT2D eigenvalue weighted by Crippen LogP contribution is 2.12. The number of aldehydes is 1. The van der Waals surface area contributed by atoms with Gasteiger partial charge in [0.1, 0.15) is 5.75 Å². The second kappa shape index (κ2) is 5.96. The van der Waals surface area contributed by atoms with Crippen LogP contribution in [0.25, 0.3) is 0 Å². The fourth-order valence-electron chi connectivity index (χ4n) is 1.12. The topological polar surface area (TPSA) is 43.4 Å². The number of carbonyl (C=O) groups is 2. The average Bonchev–Trinajstić information content (AvgIpc) is 2.29. The Bertz CT molecular complexity index is 327. The van der Waals surface area contributed by atoms with Gasteiger partial charge in [-0.1, -0.05) is 13.3 Å². The third kappa shape index (κ3) is 3.54. The molecule has 80 valence electrons. The first-order valence-corrected chi connectivity index (χ1v) is 5.00. The van der Waals surface area contributed by atoms with E-state index in [9.17, 15) is 9.59 Å². The maximum absolute atomic E-state index is 11.0. The number of ketones is 1. The Morgan fingerprint density at radius 3 is 2.53 bits per heavy atom. The summed E-state index contributed by atoms with van der Waals surface area (Å²) in [7, 11) is 0. The Kier molecular flexibility index (Phi) is 4.54. The third-order valence-electron chi connectivity index (χ3n) is 2.01. The highest BCUT2D eigenvalue weighted by Gasteiger charge is 2.03. The normalized spacial score (nSPS) is 9.67. The van der Waals surface area contributed by atoms with Gasteiger partial charge in [-0.3, -0.25) is 9.59 Å². The van der Waals surface area contributed by atoms with Gasteiger partial charge >= 0.3 is 0 Å². The summed E-state index contributed by atoms with van der Waals surface area (Å²) in [6.45, 7) is 2.77. The Balaban J connectivity index is 2.56. The molecule has 0 radical (unpaired) electrons. The van der Waals surface area contributed by atoms with Gasteiger partial charge in [0.25, 0.3) is 0 Å². The number of benzene rings is 1. The molecule has 0 bridgehead atoms. The van der Waals surface area contributed by atoms with Gasteiger partial charge in [0.2, 0.25) is 5.78 Å². The van der Waals surface area contributed by atoms with Gasteiger partial charge in [-0.2, -0.15) is 0 Å². The number of rotatable bonds is 6. The molecule has 3 heteroatoms. The second-order valence-electron chi connectivity index (χ2n) is 3.21. The van der Waals surface area contributed by atoms with E-state index in [0.717, 1.165) is 18.6 Å². The summed E-state index contributed by atoms with van der Waals surface area (Å²) in [4.78, 5) is 21.2. The molecule has 1 aromatic rings. The predicted molar refractivity (Wildman–Crippen MR) is 57.2 cm³/mol. The van der Waals surface area contributed by atoms with Crippen LogP contribution < -0.4 is 4.74 Å². The van der Waals surface area contributed by atoms with Crippen LogP contribution in [0.3, 0.4) is 0 Å². The zero-order valence-electron chi connectivity index (χ0n) is 8.73. The maximum Gasteiger partial charge on any atom is 0.225 e. The fraction of sp³-hybridized carbons (Fsp3) is 0.333. The van der Waals surface area contributed by atoms with E-state index in [1.165, 1.54) is 0 Å². The molecular formula is C12H14O3. The van der Waals surface area contributed by atoms with Gasteiger partial charge in [0.05, 0.1) is 6.61 Å². The van der Waals surface area contributed by atoms with E-state index in [1.807, 2.05) is 0 Å². The van der Waals surface area contributed by atoms with Crippen LogP contribution in [-0.2, 0) is 4.79 Å². The largest absolute Gasteiger partial charge is 0.494 e.